The fourth-order valence-corrected chi connectivity index (χ4v) is 2.82. The fourth-order valence-electron chi connectivity index (χ4n) is 2.82. The van der Waals surface area contributed by atoms with Crippen molar-refractivity contribution in [3.8, 4) is 5.75 Å². The maximum Gasteiger partial charge on any atom is 0.127 e. The molecule has 0 aliphatic rings. The SMILES string of the molecule is COc1cc2cc[c]c3ccc4cccc1c4c32. The second-order valence-electron chi connectivity index (χ2n) is 4.54. The van der Waals surface area contributed by atoms with Crippen LogP contribution in [0.2, 0.25) is 0 Å². The van der Waals surface area contributed by atoms with Gasteiger partial charge in [0, 0.05) is 10.8 Å². The van der Waals surface area contributed by atoms with Crippen molar-refractivity contribution in [2.45, 2.75) is 0 Å². The van der Waals surface area contributed by atoms with Crippen LogP contribution < -0.4 is 4.74 Å². The summed E-state index contributed by atoms with van der Waals surface area (Å²) in [7, 11) is 1.73. The highest BCUT2D eigenvalue weighted by Crippen LogP contribution is 2.38. The minimum Gasteiger partial charge on any atom is -0.496 e. The van der Waals surface area contributed by atoms with Gasteiger partial charge in [0.1, 0.15) is 5.75 Å². The highest BCUT2D eigenvalue weighted by atomic mass is 16.5. The first kappa shape index (κ1) is 9.72. The first-order valence-corrected chi connectivity index (χ1v) is 6.01. The molecule has 0 aliphatic carbocycles. The average Bonchev–Trinajstić information content (AvgIpc) is 2.44. The van der Waals surface area contributed by atoms with Gasteiger partial charge in [0.15, 0.2) is 0 Å². The number of ether oxygens (including phenoxy) is 1. The van der Waals surface area contributed by atoms with E-state index in [4.69, 9.17) is 4.74 Å². The molecule has 0 spiro atoms. The van der Waals surface area contributed by atoms with E-state index in [1.165, 1.54) is 32.3 Å². The zero-order chi connectivity index (χ0) is 12.1. The van der Waals surface area contributed by atoms with Gasteiger partial charge >= 0.3 is 0 Å². The molecule has 0 amide bonds. The van der Waals surface area contributed by atoms with Gasteiger partial charge in [-0.1, -0.05) is 42.5 Å². The molecular formula is C17H11O. The predicted molar refractivity (Wildman–Crippen MR) is 75.5 cm³/mol. The number of rotatable bonds is 1. The largest absolute Gasteiger partial charge is 0.496 e. The Morgan fingerprint density at radius 2 is 1.89 bits per heavy atom. The van der Waals surface area contributed by atoms with Crippen molar-refractivity contribution >= 4 is 32.3 Å². The van der Waals surface area contributed by atoms with Crippen molar-refractivity contribution < 1.29 is 4.74 Å². The van der Waals surface area contributed by atoms with Crippen LogP contribution in [0.5, 0.6) is 5.75 Å². The number of hydrogen-bond donors (Lipinski definition) is 0. The molecule has 0 heterocycles. The molecule has 85 valence electrons. The average molecular weight is 231 g/mol. The molecule has 0 aliphatic heterocycles. The lowest BCUT2D eigenvalue weighted by atomic mass is 9.94. The van der Waals surface area contributed by atoms with Crippen molar-refractivity contribution in [1.82, 2.24) is 0 Å². The third-order valence-electron chi connectivity index (χ3n) is 3.61. The molecule has 0 saturated heterocycles. The lowest BCUT2D eigenvalue weighted by Crippen LogP contribution is -1.89. The topological polar surface area (TPSA) is 9.23 Å². The standard InChI is InChI=1S/C17H11O/c1-18-15-10-13-6-2-4-11-8-9-12-5-3-7-14(15)17(12)16(11)13/h2-3,5-10H,1H3. The zero-order valence-corrected chi connectivity index (χ0v) is 10.0. The number of hydrogen-bond acceptors (Lipinski definition) is 1. The van der Waals surface area contributed by atoms with Gasteiger partial charge in [0.05, 0.1) is 7.11 Å². The van der Waals surface area contributed by atoms with Crippen molar-refractivity contribution in [3.05, 3.63) is 54.6 Å². The molecule has 1 nitrogen and oxygen atoms in total. The van der Waals surface area contributed by atoms with Gasteiger partial charge in [-0.15, -0.1) is 0 Å². The highest BCUT2D eigenvalue weighted by Gasteiger charge is 2.11. The van der Waals surface area contributed by atoms with Crippen LogP contribution in [0.15, 0.2) is 48.5 Å². The summed E-state index contributed by atoms with van der Waals surface area (Å²) in [5.41, 5.74) is 0. The van der Waals surface area contributed by atoms with E-state index in [0.717, 1.165) is 5.75 Å². The minimum absolute atomic E-state index is 0.937. The Balaban J connectivity index is 2.43. The van der Waals surface area contributed by atoms with Gasteiger partial charge in [-0.3, -0.25) is 0 Å². The molecule has 0 bridgehead atoms. The highest BCUT2D eigenvalue weighted by molar-refractivity contribution is 6.24. The molecule has 1 heteroatoms. The van der Waals surface area contributed by atoms with Crippen LogP contribution in [0.1, 0.15) is 0 Å². The summed E-state index contributed by atoms with van der Waals surface area (Å²) in [4.78, 5) is 0. The van der Waals surface area contributed by atoms with E-state index in [0.29, 0.717) is 0 Å². The number of methoxy groups -OCH3 is 1. The summed E-state index contributed by atoms with van der Waals surface area (Å²) in [6.45, 7) is 0. The minimum atomic E-state index is 0.937. The van der Waals surface area contributed by atoms with Crippen molar-refractivity contribution in [3.63, 3.8) is 0 Å². The predicted octanol–water partition coefficient (Wildman–Crippen LogP) is 4.39. The molecule has 0 aromatic heterocycles. The Bertz CT molecular complexity index is 861. The summed E-state index contributed by atoms with van der Waals surface area (Å²) in [6.07, 6.45) is 0. The van der Waals surface area contributed by atoms with E-state index in [1.807, 2.05) is 6.07 Å². The van der Waals surface area contributed by atoms with E-state index in [9.17, 15) is 0 Å². The fraction of sp³-hybridized carbons (Fsp3) is 0.0588. The Morgan fingerprint density at radius 1 is 0.944 bits per heavy atom. The molecule has 4 rings (SSSR count). The number of benzene rings is 4. The maximum absolute atomic E-state index is 5.52. The first-order valence-electron chi connectivity index (χ1n) is 6.01. The Morgan fingerprint density at radius 3 is 2.78 bits per heavy atom. The lowest BCUT2D eigenvalue weighted by Gasteiger charge is -2.13. The van der Waals surface area contributed by atoms with Crippen LogP contribution >= 0.6 is 0 Å². The van der Waals surface area contributed by atoms with Crippen LogP contribution in [-0.4, -0.2) is 7.11 Å². The quantitative estimate of drug-likeness (QED) is 0.441. The van der Waals surface area contributed by atoms with Crippen molar-refractivity contribution in [2.75, 3.05) is 7.11 Å². The maximum atomic E-state index is 5.52. The molecule has 0 atom stereocenters. The van der Waals surface area contributed by atoms with Crippen LogP contribution in [0.25, 0.3) is 32.3 Å². The summed E-state index contributed by atoms with van der Waals surface area (Å²) in [5, 5.41) is 7.37. The van der Waals surface area contributed by atoms with Gasteiger partial charge in [0.2, 0.25) is 0 Å². The Hall–Kier alpha value is -2.28. The molecular weight excluding hydrogens is 220 g/mol. The smallest absolute Gasteiger partial charge is 0.127 e. The second-order valence-corrected chi connectivity index (χ2v) is 4.54. The van der Waals surface area contributed by atoms with Crippen molar-refractivity contribution in [1.29, 1.82) is 0 Å². The van der Waals surface area contributed by atoms with E-state index in [2.05, 4.69) is 48.5 Å². The molecule has 1 radical (unpaired) electrons. The normalized spacial score (nSPS) is 11.6. The molecule has 4 aromatic rings. The van der Waals surface area contributed by atoms with E-state index >= 15 is 0 Å². The third kappa shape index (κ3) is 1.11. The monoisotopic (exact) mass is 231 g/mol. The lowest BCUT2D eigenvalue weighted by molar-refractivity contribution is 0.420. The van der Waals surface area contributed by atoms with Gasteiger partial charge in [-0.25, -0.2) is 0 Å². The Labute approximate surface area is 105 Å². The summed E-state index contributed by atoms with van der Waals surface area (Å²) < 4.78 is 5.52. The molecule has 18 heavy (non-hydrogen) atoms. The second kappa shape index (κ2) is 3.36. The molecule has 0 fully saturated rings. The summed E-state index contributed by atoms with van der Waals surface area (Å²) >= 11 is 0. The van der Waals surface area contributed by atoms with E-state index in [1.54, 1.807) is 7.11 Å². The van der Waals surface area contributed by atoms with Crippen LogP contribution in [0.3, 0.4) is 0 Å². The van der Waals surface area contributed by atoms with Gasteiger partial charge < -0.3 is 4.74 Å². The van der Waals surface area contributed by atoms with Crippen LogP contribution in [-0.2, 0) is 0 Å². The Kier molecular flexibility index (Phi) is 1.81. The first-order chi connectivity index (χ1) is 8.88. The van der Waals surface area contributed by atoms with Gasteiger partial charge in [-0.05, 0) is 33.7 Å². The van der Waals surface area contributed by atoms with Crippen molar-refractivity contribution in [2.24, 2.45) is 0 Å². The van der Waals surface area contributed by atoms with E-state index in [-0.39, 0.29) is 0 Å². The third-order valence-corrected chi connectivity index (χ3v) is 3.61. The molecule has 0 N–H and O–H groups in total. The molecule has 4 aromatic carbocycles. The molecule has 0 saturated carbocycles. The summed E-state index contributed by atoms with van der Waals surface area (Å²) in [5.74, 6) is 0.937. The molecule has 0 unspecified atom stereocenters. The van der Waals surface area contributed by atoms with Crippen LogP contribution in [0, 0.1) is 6.07 Å². The summed E-state index contributed by atoms with van der Waals surface area (Å²) in [6, 6.07) is 20.1. The zero-order valence-electron chi connectivity index (χ0n) is 10.0. The van der Waals surface area contributed by atoms with Gasteiger partial charge in [0.25, 0.3) is 0 Å². The van der Waals surface area contributed by atoms with E-state index < -0.39 is 0 Å². The van der Waals surface area contributed by atoms with Crippen LogP contribution in [0.4, 0.5) is 0 Å². The van der Waals surface area contributed by atoms with Gasteiger partial charge in [-0.2, -0.15) is 0 Å².